The highest BCUT2D eigenvalue weighted by molar-refractivity contribution is 5.94. The van der Waals surface area contributed by atoms with Crippen molar-refractivity contribution in [2.45, 2.75) is 13.3 Å². The molecule has 4 heteroatoms. The summed E-state index contributed by atoms with van der Waals surface area (Å²) in [6, 6.07) is 7.33. The largest absolute Gasteiger partial charge is 0.494 e. The van der Waals surface area contributed by atoms with Crippen LogP contribution in [0.1, 0.15) is 23.7 Å². The van der Waals surface area contributed by atoms with Crippen molar-refractivity contribution in [3.05, 3.63) is 29.8 Å². The molecule has 0 radical (unpaired) electrons. The average molecular weight is 248 g/mol. The summed E-state index contributed by atoms with van der Waals surface area (Å²) in [6.45, 7) is 4.83. The van der Waals surface area contributed by atoms with E-state index in [9.17, 15) is 4.79 Å². The molecule has 2 rings (SSSR count). The molecule has 0 bridgehead atoms. The quantitative estimate of drug-likeness (QED) is 0.878. The van der Waals surface area contributed by atoms with Gasteiger partial charge in [-0.05, 0) is 50.1 Å². The van der Waals surface area contributed by atoms with E-state index in [0.29, 0.717) is 19.1 Å². The summed E-state index contributed by atoms with van der Waals surface area (Å²) >= 11 is 0. The minimum absolute atomic E-state index is 0.0917. The van der Waals surface area contributed by atoms with Crippen LogP contribution in [0.4, 0.5) is 0 Å². The van der Waals surface area contributed by atoms with Gasteiger partial charge in [-0.25, -0.2) is 0 Å². The van der Waals surface area contributed by atoms with E-state index >= 15 is 0 Å². The molecule has 1 fully saturated rings. The minimum atomic E-state index is 0.0917. The van der Waals surface area contributed by atoms with E-state index in [0.717, 1.165) is 30.8 Å². The summed E-state index contributed by atoms with van der Waals surface area (Å²) in [6.07, 6.45) is 1.01. The number of amides is 1. The number of benzene rings is 1. The lowest BCUT2D eigenvalue weighted by Gasteiger charge is -2.16. The third kappa shape index (κ3) is 2.82. The summed E-state index contributed by atoms with van der Waals surface area (Å²) in [4.78, 5) is 14.1. The maximum absolute atomic E-state index is 12.2. The molecule has 0 saturated carbocycles. The topological polar surface area (TPSA) is 55.6 Å². The van der Waals surface area contributed by atoms with E-state index in [2.05, 4.69) is 0 Å². The second kappa shape index (κ2) is 5.87. The number of ether oxygens (including phenoxy) is 1. The Hall–Kier alpha value is -1.55. The highest BCUT2D eigenvalue weighted by Crippen LogP contribution is 2.19. The molecule has 0 aromatic heterocycles. The van der Waals surface area contributed by atoms with Crippen LogP contribution in [0.5, 0.6) is 5.75 Å². The van der Waals surface area contributed by atoms with Gasteiger partial charge in [0.05, 0.1) is 6.61 Å². The Morgan fingerprint density at radius 3 is 2.72 bits per heavy atom. The number of rotatable bonds is 4. The molecular weight excluding hydrogens is 228 g/mol. The number of nitrogens with two attached hydrogens (primary N) is 1. The molecule has 1 aromatic carbocycles. The first-order chi connectivity index (χ1) is 8.74. The molecule has 1 amide bonds. The molecule has 18 heavy (non-hydrogen) atoms. The van der Waals surface area contributed by atoms with Crippen LogP contribution in [0, 0.1) is 5.92 Å². The van der Waals surface area contributed by atoms with E-state index in [1.165, 1.54) is 0 Å². The predicted molar refractivity (Wildman–Crippen MR) is 70.7 cm³/mol. The minimum Gasteiger partial charge on any atom is -0.494 e. The number of hydrogen-bond donors (Lipinski definition) is 1. The molecule has 0 aliphatic carbocycles. The average Bonchev–Trinajstić information content (AvgIpc) is 2.88. The van der Waals surface area contributed by atoms with Crippen LogP contribution in [0.2, 0.25) is 0 Å². The van der Waals surface area contributed by atoms with Gasteiger partial charge in [0.2, 0.25) is 0 Å². The molecule has 1 saturated heterocycles. The first-order valence-corrected chi connectivity index (χ1v) is 6.46. The maximum Gasteiger partial charge on any atom is 0.253 e. The van der Waals surface area contributed by atoms with Crippen molar-refractivity contribution in [2.75, 3.05) is 26.2 Å². The molecule has 1 aliphatic heterocycles. The fraction of sp³-hybridized carbons (Fsp3) is 0.500. The van der Waals surface area contributed by atoms with Crippen LogP contribution in [0.3, 0.4) is 0 Å². The Morgan fingerprint density at radius 2 is 2.17 bits per heavy atom. The van der Waals surface area contributed by atoms with E-state index in [4.69, 9.17) is 10.5 Å². The fourth-order valence-electron chi connectivity index (χ4n) is 2.25. The van der Waals surface area contributed by atoms with E-state index in [1.54, 1.807) is 0 Å². The molecule has 4 nitrogen and oxygen atoms in total. The monoisotopic (exact) mass is 248 g/mol. The fourth-order valence-corrected chi connectivity index (χ4v) is 2.25. The lowest BCUT2D eigenvalue weighted by atomic mass is 10.1. The third-order valence-electron chi connectivity index (χ3n) is 3.32. The van der Waals surface area contributed by atoms with E-state index < -0.39 is 0 Å². The highest BCUT2D eigenvalue weighted by Gasteiger charge is 2.25. The summed E-state index contributed by atoms with van der Waals surface area (Å²) < 4.78 is 5.36. The molecular formula is C14H20N2O2. The normalized spacial score (nSPS) is 19.0. The Morgan fingerprint density at radius 1 is 1.44 bits per heavy atom. The van der Waals surface area contributed by atoms with Crippen LogP contribution in [0.25, 0.3) is 0 Å². The molecule has 1 atom stereocenters. The van der Waals surface area contributed by atoms with Crippen molar-refractivity contribution in [3.8, 4) is 5.75 Å². The van der Waals surface area contributed by atoms with Gasteiger partial charge in [0.25, 0.3) is 5.91 Å². The molecule has 0 unspecified atom stereocenters. The van der Waals surface area contributed by atoms with Crippen molar-refractivity contribution in [3.63, 3.8) is 0 Å². The van der Waals surface area contributed by atoms with Crippen molar-refractivity contribution in [2.24, 2.45) is 11.7 Å². The van der Waals surface area contributed by atoms with Crippen LogP contribution in [-0.4, -0.2) is 37.0 Å². The third-order valence-corrected chi connectivity index (χ3v) is 3.32. The van der Waals surface area contributed by atoms with Crippen LogP contribution in [0.15, 0.2) is 24.3 Å². The van der Waals surface area contributed by atoms with Gasteiger partial charge in [-0.15, -0.1) is 0 Å². The molecule has 0 spiro atoms. The van der Waals surface area contributed by atoms with Gasteiger partial charge in [-0.3, -0.25) is 4.79 Å². The van der Waals surface area contributed by atoms with Crippen LogP contribution >= 0.6 is 0 Å². The summed E-state index contributed by atoms with van der Waals surface area (Å²) in [7, 11) is 0. The summed E-state index contributed by atoms with van der Waals surface area (Å²) in [5.41, 5.74) is 6.35. The number of carbonyl (C=O) groups excluding carboxylic acids is 1. The Bertz CT molecular complexity index is 403. The number of hydrogen-bond acceptors (Lipinski definition) is 3. The smallest absolute Gasteiger partial charge is 0.253 e. The first kappa shape index (κ1) is 12.9. The van der Waals surface area contributed by atoms with Crippen LogP contribution in [-0.2, 0) is 0 Å². The number of likely N-dealkylation sites (tertiary alicyclic amines) is 1. The van der Waals surface area contributed by atoms with Gasteiger partial charge in [-0.1, -0.05) is 0 Å². The lowest BCUT2D eigenvalue weighted by Crippen LogP contribution is -2.29. The first-order valence-electron chi connectivity index (χ1n) is 6.46. The summed E-state index contributed by atoms with van der Waals surface area (Å²) in [5, 5.41) is 0. The second-order valence-corrected chi connectivity index (χ2v) is 4.60. The number of carbonyl (C=O) groups is 1. The Balaban J connectivity index is 2.00. The van der Waals surface area contributed by atoms with Gasteiger partial charge in [0, 0.05) is 18.7 Å². The van der Waals surface area contributed by atoms with Crippen molar-refractivity contribution in [1.29, 1.82) is 0 Å². The Kier molecular flexibility index (Phi) is 4.20. The summed E-state index contributed by atoms with van der Waals surface area (Å²) in [5.74, 6) is 1.35. The van der Waals surface area contributed by atoms with Gasteiger partial charge in [0.15, 0.2) is 0 Å². The Labute approximate surface area is 108 Å². The molecule has 2 N–H and O–H groups in total. The second-order valence-electron chi connectivity index (χ2n) is 4.60. The zero-order chi connectivity index (χ0) is 13.0. The molecule has 1 heterocycles. The van der Waals surface area contributed by atoms with Gasteiger partial charge in [-0.2, -0.15) is 0 Å². The molecule has 98 valence electrons. The maximum atomic E-state index is 12.2. The zero-order valence-corrected chi connectivity index (χ0v) is 10.8. The van der Waals surface area contributed by atoms with Crippen molar-refractivity contribution < 1.29 is 9.53 Å². The molecule has 1 aromatic rings. The van der Waals surface area contributed by atoms with Gasteiger partial charge >= 0.3 is 0 Å². The zero-order valence-electron chi connectivity index (χ0n) is 10.8. The van der Waals surface area contributed by atoms with Gasteiger partial charge < -0.3 is 15.4 Å². The van der Waals surface area contributed by atoms with Crippen molar-refractivity contribution >= 4 is 5.91 Å². The van der Waals surface area contributed by atoms with E-state index in [1.807, 2.05) is 36.1 Å². The predicted octanol–water partition coefficient (Wildman–Crippen LogP) is 1.51. The lowest BCUT2D eigenvalue weighted by molar-refractivity contribution is 0.0787. The van der Waals surface area contributed by atoms with Crippen molar-refractivity contribution in [1.82, 2.24) is 4.90 Å². The highest BCUT2D eigenvalue weighted by atomic mass is 16.5. The standard InChI is InChI=1S/C14H20N2O2/c1-2-18-13-5-3-12(4-6-13)14(17)16-8-7-11(9-15)10-16/h3-6,11H,2,7-10,15H2,1H3/t11-/m1/s1. The van der Waals surface area contributed by atoms with Gasteiger partial charge in [0.1, 0.15) is 5.75 Å². The SMILES string of the molecule is CCOc1ccc(C(=O)N2CC[C@H](CN)C2)cc1. The van der Waals surface area contributed by atoms with Crippen LogP contribution < -0.4 is 10.5 Å². The number of nitrogens with zero attached hydrogens (tertiary/aromatic N) is 1. The van der Waals surface area contributed by atoms with E-state index in [-0.39, 0.29) is 5.91 Å². The molecule has 1 aliphatic rings.